The third kappa shape index (κ3) is 5.75. The molecule has 2 aromatic carbocycles. The van der Waals surface area contributed by atoms with Crippen molar-refractivity contribution in [1.29, 1.82) is 0 Å². The van der Waals surface area contributed by atoms with E-state index in [1.807, 2.05) is 0 Å². The Morgan fingerprint density at radius 1 is 0.742 bits per heavy atom. The number of rotatable bonds is 12. The summed E-state index contributed by atoms with van der Waals surface area (Å²) in [6.07, 6.45) is 2.79. The maximum absolute atomic E-state index is 6.05. The molecule has 2 heterocycles. The van der Waals surface area contributed by atoms with Crippen molar-refractivity contribution in [1.82, 2.24) is 0 Å². The molecular weight excluding hydrogens is 388 g/mol. The van der Waals surface area contributed by atoms with Gasteiger partial charge in [-0.25, -0.2) is 0 Å². The smallest absolute Gasteiger partial charge is 0.104 e. The van der Waals surface area contributed by atoms with Gasteiger partial charge in [-0.2, -0.15) is 0 Å². The molecule has 0 aromatic heterocycles. The number of ether oxygens (including phenoxy) is 4. The molecule has 2 saturated heterocycles. The second kappa shape index (κ2) is 9.83. The summed E-state index contributed by atoms with van der Waals surface area (Å²) in [5.74, 6) is 0. The van der Waals surface area contributed by atoms with Crippen LogP contribution in [0.5, 0.6) is 0 Å². The van der Waals surface area contributed by atoms with Crippen LogP contribution in [0.3, 0.4) is 0 Å². The number of benzene rings is 2. The lowest BCUT2D eigenvalue weighted by Crippen LogP contribution is -2.19. The fraction of sp³-hybridized carbons (Fsp3) is 0.556. The Kier molecular flexibility index (Phi) is 7.12. The van der Waals surface area contributed by atoms with Gasteiger partial charge in [-0.05, 0) is 35.1 Å². The third-order valence-corrected chi connectivity index (χ3v) is 6.52. The van der Waals surface area contributed by atoms with Crippen LogP contribution in [-0.2, 0) is 24.4 Å². The largest absolute Gasteiger partial charge is 0.371 e. The van der Waals surface area contributed by atoms with Crippen LogP contribution < -0.4 is 0 Å². The molecule has 0 spiro atoms. The molecule has 0 radical (unpaired) electrons. The molecule has 168 valence electrons. The Bertz CT molecular complexity index is 750. The first-order valence-electron chi connectivity index (χ1n) is 11.7. The molecule has 2 aliphatic rings. The topological polar surface area (TPSA) is 43.5 Å². The average Bonchev–Trinajstić information content (AvgIpc) is 3.71. The van der Waals surface area contributed by atoms with E-state index in [0.29, 0.717) is 25.4 Å². The van der Waals surface area contributed by atoms with Crippen LogP contribution in [0.15, 0.2) is 48.5 Å². The van der Waals surface area contributed by atoms with Crippen LogP contribution in [0.25, 0.3) is 0 Å². The van der Waals surface area contributed by atoms with E-state index in [1.54, 1.807) is 0 Å². The van der Waals surface area contributed by atoms with E-state index >= 15 is 0 Å². The summed E-state index contributed by atoms with van der Waals surface area (Å²) in [5.41, 5.74) is 5.00. The number of epoxide rings is 2. The van der Waals surface area contributed by atoms with E-state index in [0.717, 1.165) is 26.1 Å². The van der Waals surface area contributed by atoms with Gasteiger partial charge in [-0.3, -0.25) is 0 Å². The van der Waals surface area contributed by atoms with Crippen molar-refractivity contribution in [2.24, 2.45) is 0 Å². The van der Waals surface area contributed by atoms with Gasteiger partial charge in [0.15, 0.2) is 0 Å². The van der Waals surface area contributed by atoms with Crippen molar-refractivity contribution in [3.05, 3.63) is 70.8 Å². The Morgan fingerprint density at radius 3 is 1.39 bits per heavy atom. The maximum Gasteiger partial charge on any atom is 0.104 e. The molecule has 0 aliphatic carbocycles. The van der Waals surface area contributed by atoms with Crippen LogP contribution in [-0.4, -0.2) is 38.6 Å². The summed E-state index contributed by atoms with van der Waals surface area (Å²) in [7, 11) is 0. The van der Waals surface area contributed by atoms with Gasteiger partial charge in [-0.1, -0.05) is 76.2 Å². The summed E-state index contributed by atoms with van der Waals surface area (Å²) < 4.78 is 22.6. The normalized spacial score (nSPS) is 22.2. The van der Waals surface area contributed by atoms with Crippen molar-refractivity contribution in [3.63, 3.8) is 0 Å². The molecule has 0 bridgehead atoms. The maximum atomic E-state index is 6.05. The summed E-state index contributed by atoms with van der Waals surface area (Å²) in [5, 5.41) is 0. The first-order valence-corrected chi connectivity index (χ1v) is 11.7. The van der Waals surface area contributed by atoms with Crippen LogP contribution in [0.2, 0.25) is 0 Å². The summed E-state index contributed by atoms with van der Waals surface area (Å²) in [4.78, 5) is 0. The second-order valence-electron chi connectivity index (χ2n) is 9.24. The average molecular weight is 425 g/mol. The minimum Gasteiger partial charge on any atom is -0.371 e. The van der Waals surface area contributed by atoms with Gasteiger partial charge in [0.2, 0.25) is 0 Å². The van der Waals surface area contributed by atoms with Crippen LogP contribution in [0.1, 0.15) is 75.0 Å². The Morgan fingerprint density at radius 2 is 1.10 bits per heavy atom. The standard InChI is InChI=1S/C27H36O4/c1-5-25(30-17-23-15-28-23)19-7-11-21(12-8-19)27(3,4)22-13-9-20(10-14-22)26(6-2)31-18-24-16-29-24/h7-14,23-26H,5-6,15-18H2,1-4H3. The van der Waals surface area contributed by atoms with E-state index in [-0.39, 0.29) is 17.6 Å². The predicted molar refractivity (Wildman–Crippen MR) is 122 cm³/mol. The first kappa shape index (κ1) is 22.5. The molecule has 4 heteroatoms. The number of hydrogen-bond donors (Lipinski definition) is 0. The summed E-state index contributed by atoms with van der Waals surface area (Å²) in [6, 6.07) is 17.9. The van der Waals surface area contributed by atoms with E-state index in [1.165, 1.54) is 22.3 Å². The SMILES string of the molecule is CCC(OCC1CO1)c1ccc(C(C)(C)c2ccc(C(CC)OCC3CO3)cc2)cc1. The van der Waals surface area contributed by atoms with Gasteiger partial charge < -0.3 is 18.9 Å². The lowest BCUT2D eigenvalue weighted by atomic mass is 9.77. The molecule has 2 aliphatic heterocycles. The molecule has 4 rings (SSSR count). The molecule has 0 amide bonds. The quantitative estimate of drug-likeness (QED) is 0.407. The third-order valence-electron chi connectivity index (χ3n) is 6.52. The highest BCUT2D eigenvalue weighted by atomic mass is 16.6. The summed E-state index contributed by atoms with van der Waals surface area (Å²) >= 11 is 0. The highest BCUT2D eigenvalue weighted by molar-refractivity contribution is 5.40. The van der Waals surface area contributed by atoms with E-state index in [2.05, 4.69) is 76.2 Å². The van der Waals surface area contributed by atoms with Crippen LogP contribution in [0.4, 0.5) is 0 Å². The lowest BCUT2D eigenvalue weighted by Gasteiger charge is -2.27. The van der Waals surface area contributed by atoms with Crippen molar-refractivity contribution >= 4 is 0 Å². The van der Waals surface area contributed by atoms with Gasteiger partial charge in [0, 0.05) is 5.41 Å². The molecule has 0 N–H and O–H groups in total. The zero-order valence-corrected chi connectivity index (χ0v) is 19.3. The minimum absolute atomic E-state index is 0.0775. The molecule has 2 fully saturated rings. The van der Waals surface area contributed by atoms with E-state index < -0.39 is 0 Å². The van der Waals surface area contributed by atoms with Gasteiger partial charge in [0.25, 0.3) is 0 Å². The van der Waals surface area contributed by atoms with Crippen molar-refractivity contribution in [2.75, 3.05) is 26.4 Å². The number of hydrogen-bond acceptors (Lipinski definition) is 4. The zero-order valence-electron chi connectivity index (χ0n) is 19.3. The Labute approximate surface area is 186 Å². The zero-order chi connectivity index (χ0) is 21.8. The highest BCUT2D eigenvalue weighted by Gasteiger charge is 2.27. The first-order chi connectivity index (χ1) is 15.0. The fourth-order valence-electron chi connectivity index (χ4n) is 4.07. The van der Waals surface area contributed by atoms with Gasteiger partial charge >= 0.3 is 0 Å². The minimum atomic E-state index is -0.0775. The molecule has 4 unspecified atom stereocenters. The Balaban J connectivity index is 1.42. The van der Waals surface area contributed by atoms with Crippen LogP contribution in [0, 0.1) is 0 Å². The highest BCUT2D eigenvalue weighted by Crippen LogP contribution is 2.34. The van der Waals surface area contributed by atoms with Crippen LogP contribution >= 0.6 is 0 Å². The second-order valence-corrected chi connectivity index (χ2v) is 9.24. The molecular formula is C27H36O4. The lowest BCUT2D eigenvalue weighted by molar-refractivity contribution is 0.0394. The molecule has 31 heavy (non-hydrogen) atoms. The van der Waals surface area contributed by atoms with Crippen molar-refractivity contribution in [3.8, 4) is 0 Å². The van der Waals surface area contributed by atoms with Gasteiger partial charge in [-0.15, -0.1) is 0 Å². The summed E-state index contributed by atoms with van der Waals surface area (Å²) in [6.45, 7) is 12.0. The molecule has 4 atom stereocenters. The van der Waals surface area contributed by atoms with Gasteiger partial charge in [0.05, 0.1) is 38.6 Å². The monoisotopic (exact) mass is 424 g/mol. The van der Waals surface area contributed by atoms with Crippen molar-refractivity contribution < 1.29 is 18.9 Å². The Hall–Kier alpha value is -1.72. The molecule has 4 nitrogen and oxygen atoms in total. The van der Waals surface area contributed by atoms with E-state index in [9.17, 15) is 0 Å². The van der Waals surface area contributed by atoms with E-state index in [4.69, 9.17) is 18.9 Å². The van der Waals surface area contributed by atoms with Crippen molar-refractivity contribution in [2.45, 2.75) is 70.4 Å². The van der Waals surface area contributed by atoms with Gasteiger partial charge in [0.1, 0.15) is 12.2 Å². The predicted octanol–water partition coefficient (Wildman–Crippen LogP) is 5.75. The fourth-order valence-corrected chi connectivity index (χ4v) is 4.07. The molecule has 0 saturated carbocycles. The molecule has 2 aromatic rings.